The minimum atomic E-state index is -0.601. The van der Waals surface area contributed by atoms with Crippen molar-refractivity contribution in [3.63, 3.8) is 0 Å². The summed E-state index contributed by atoms with van der Waals surface area (Å²) in [5, 5.41) is 15.3. The molecule has 2 fully saturated rings. The fraction of sp³-hybridized carbons (Fsp3) is 0.500. The average molecular weight is 498 g/mol. The fourth-order valence-corrected chi connectivity index (χ4v) is 5.24. The zero-order valence-corrected chi connectivity index (χ0v) is 20.7. The van der Waals surface area contributed by atoms with Gasteiger partial charge in [0.05, 0.1) is 0 Å². The van der Waals surface area contributed by atoms with Crippen LogP contribution in [-0.2, 0) is 20.8 Å². The average Bonchev–Trinajstić information content (AvgIpc) is 3.42. The second-order valence-corrected chi connectivity index (χ2v) is 10.4. The van der Waals surface area contributed by atoms with Gasteiger partial charge in [0.1, 0.15) is 12.0 Å². The van der Waals surface area contributed by atoms with Gasteiger partial charge >= 0.3 is 0 Å². The van der Waals surface area contributed by atoms with Crippen molar-refractivity contribution in [1.29, 1.82) is 0 Å². The summed E-state index contributed by atoms with van der Waals surface area (Å²) in [6.45, 7) is 6.76. The van der Waals surface area contributed by atoms with Crippen molar-refractivity contribution in [3.8, 4) is 0 Å². The molecule has 10 heteroatoms. The molecule has 3 unspecified atom stereocenters. The molecular weight excluding hydrogens is 465 g/mol. The van der Waals surface area contributed by atoms with Crippen LogP contribution >= 0.6 is 0 Å². The number of halogens is 1. The van der Waals surface area contributed by atoms with Crippen molar-refractivity contribution in [3.05, 3.63) is 53.2 Å². The lowest BCUT2D eigenvalue weighted by Crippen LogP contribution is -2.59. The lowest BCUT2D eigenvalue weighted by atomic mass is 9.95. The summed E-state index contributed by atoms with van der Waals surface area (Å²) in [6.07, 6.45) is 4.96. The van der Waals surface area contributed by atoms with Gasteiger partial charge in [-0.25, -0.2) is 14.8 Å². The first kappa shape index (κ1) is 24.3. The molecular formula is C26H32FN5O4. The van der Waals surface area contributed by atoms with Crippen molar-refractivity contribution in [1.82, 2.24) is 20.7 Å². The maximum atomic E-state index is 13.6. The Morgan fingerprint density at radius 1 is 1.31 bits per heavy atom. The minimum Gasteiger partial charge on any atom is -0.494 e. The summed E-state index contributed by atoms with van der Waals surface area (Å²) < 4.78 is 13.6. The van der Waals surface area contributed by atoms with Gasteiger partial charge in [-0.3, -0.25) is 14.4 Å². The first-order chi connectivity index (χ1) is 17.2. The third-order valence-electron chi connectivity index (χ3n) is 7.14. The molecule has 1 aromatic rings. The van der Waals surface area contributed by atoms with Gasteiger partial charge in [-0.2, -0.15) is 0 Å². The molecule has 5 rings (SSSR count). The molecule has 1 saturated heterocycles. The Labute approximate surface area is 209 Å². The zero-order chi connectivity index (χ0) is 25.7. The number of nitrogens with one attached hydrogen (secondary N) is 2. The second kappa shape index (κ2) is 9.24. The van der Waals surface area contributed by atoms with E-state index < -0.39 is 18.0 Å². The number of hydrazine groups is 1. The number of fused-ring (bicyclic) bond motifs is 2. The van der Waals surface area contributed by atoms with E-state index in [-0.39, 0.29) is 47.1 Å². The van der Waals surface area contributed by atoms with Crippen molar-refractivity contribution in [2.24, 2.45) is 11.8 Å². The van der Waals surface area contributed by atoms with Crippen LogP contribution in [0.4, 0.5) is 10.1 Å². The molecule has 36 heavy (non-hydrogen) atoms. The normalized spacial score (nSPS) is 25.8. The van der Waals surface area contributed by atoms with Crippen molar-refractivity contribution >= 4 is 23.4 Å². The Morgan fingerprint density at radius 2 is 2.06 bits per heavy atom. The van der Waals surface area contributed by atoms with E-state index in [9.17, 15) is 23.9 Å². The molecule has 1 aliphatic carbocycles. The Hall–Kier alpha value is -3.40. The molecule has 192 valence electrons. The van der Waals surface area contributed by atoms with Crippen LogP contribution in [0.25, 0.3) is 0 Å². The van der Waals surface area contributed by atoms with E-state index in [0.717, 1.165) is 18.4 Å². The predicted molar refractivity (Wildman–Crippen MR) is 131 cm³/mol. The highest BCUT2D eigenvalue weighted by Gasteiger charge is 2.51. The number of carbonyl (C=O) groups is 3. The van der Waals surface area contributed by atoms with Gasteiger partial charge in [0.25, 0.3) is 17.7 Å². The summed E-state index contributed by atoms with van der Waals surface area (Å²) >= 11 is 0. The van der Waals surface area contributed by atoms with E-state index in [1.54, 1.807) is 21.9 Å². The van der Waals surface area contributed by atoms with Gasteiger partial charge in [-0.05, 0) is 61.9 Å². The summed E-state index contributed by atoms with van der Waals surface area (Å²) in [5.41, 5.74) is 4.38. The van der Waals surface area contributed by atoms with E-state index >= 15 is 0 Å². The van der Waals surface area contributed by atoms with Crippen LogP contribution in [0.5, 0.6) is 0 Å². The molecule has 3 amide bonds. The molecule has 3 N–H and O–H groups in total. The molecule has 0 bridgehead atoms. The number of amides is 3. The molecule has 3 aliphatic heterocycles. The lowest BCUT2D eigenvalue weighted by molar-refractivity contribution is -0.142. The molecule has 0 radical (unpaired) electrons. The summed E-state index contributed by atoms with van der Waals surface area (Å²) in [6, 6.07) is 4.22. The van der Waals surface area contributed by atoms with Crippen LogP contribution in [0.1, 0.15) is 39.2 Å². The summed E-state index contributed by atoms with van der Waals surface area (Å²) in [7, 11) is 0. The van der Waals surface area contributed by atoms with E-state index in [2.05, 4.69) is 10.7 Å². The first-order valence-electron chi connectivity index (χ1n) is 12.5. The molecule has 4 aliphatic rings. The van der Waals surface area contributed by atoms with Crippen LogP contribution in [-0.4, -0.2) is 64.1 Å². The number of carbonyl (C=O) groups excluding carboxylic acids is 3. The van der Waals surface area contributed by atoms with E-state index in [4.69, 9.17) is 0 Å². The minimum absolute atomic E-state index is 0.0428. The van der Waals surface area contributed by atoms with E-state index in [1.807, 2.05) is 20.8 Å². The largest absolute Gasteiger partial charge is 0.494 e. The van der Waals surface area contributed by atoms with Gasteiger partial charge in [-0.15, -0.1) is 0 Å². The topological polar surface area (TPSA) is 105 Å². The zero-order valence-electron chi connectivity index (χ0n) is 20.7. The number of aliphatic hydroxyl groups excluding tert-OH is 1. The van der Waals surface area contributed by atoms with Crippen molar-refractivity contribution in [2.75, 3.05) is 18.0 Å². The molecule has 1 aromatic carbocycles. The second-order valence-electron chi connectivity index (χ2n) is 10.4. The molecule has 1 saturated carbocycles. The summed E-state index contributed by atoms with van der Waals surface area (Å²) in [5.74, 6) is -2.23. The number of benzene rings is 1. The van der Waals surface area contributed by atoms with Crippen LogP contribution in [0, 0.1) is 17.7 Å². The highest BCUT2D eigenvalue weighted by atomic mass is 19.1. The van der Waals surface area contributed by atoms with Gasteiger partial charge in [-0.1, -0.05) is 19.9 Å². The Morgan fingerprint density at radius 3 is 2.75 bits per heavy atom. The number of rotatable bonds is 6. The van der Waals surface area contributed by atoms with Crippen molar-refractivity contribution < 1.29 is 23.9 Å². The number of anilines is 1. The quantitative estimate of drug-likeness (QED) is 0.410. The summed E-state index contributed by atoms with van der Waals surface area (Å²) in [4.78, 5) is 42.5. The number of hydrogen-bond acceptors (Lipinski definition) is 6. The Bertz CT molecular complexity index is 1160. The fourth-order valence-electron chi connectivity index (χ4n) is 5.24. The highest BCUT2D eigenvalue weighted by Crippen LogP contribution is 2.36. The molecule has 3 heterocycles. The maximum absolute atomic E-state index is 13.6. The molecule has 0 aromatic heterocycles. The monoisotopic (exact) mass is 497 g/mol. The van der Waals surface area contributed by atoms with E-state index in [0.29, 0.717) is 25.2 Å². The van der Waals surface area contributed by atoms with Crippen LogP contribution < -0.4 is 15.6 Å². The number of hydrogen-bond donors (Lipinski definition) is 3. The smallest absolute Gasteiger partial charge is 0.280 e. The standard InChI is InChI=1S/C26H32FN5O4/c1-14(2)13-31-24-19(7-9-21(33)30-11-10-16-12-17(27)4-8-20(16)30)15(3)29-32(24)26(36)22(25(31)35)23(34)28-18-5-6-18/h4,7-9,12,14-15,18-19,24,29,35H,5-6,10-11,13H2,1-3H3,(H,28,34)/b9-7+. The van der Waals surface area contributed by atoms with Gasteiger partial charge in [0.15, 0.2) is 5.57 Å². The Kier molecular flexibility index (Phi) is 6.23. The Balaban J connectivity index is 1.41. The van der Waals surface area contributed by atoms with Gasteiger partial charge < -0.3 is 20.2 Å². The van der Waals surface area contributed by atoms with Crippen LogP contribution in [0.2, 0.25) is 0 Å². The first-order valence-corrected chi connectivity index (χ1v) is 12.5. The maximum Gasteiger partial charge on any atom is 0.280 e. The lowest BCUT2D eigenvalue weighted by Gasteiger charge is -2.42. The SMILES string of the molecule is CC(C)CN1C(O)=C(C(=O)NC2CC2)C(=O)N2NC(C)C(/C=C/C(=O)N3CCc4cc(F)ccc43)C12. The van der Waals surface area contributed by atoms with E-state index in [1.165, 1.54) is 23.2 Å². The predicted octanol–water partition coefficient (Wildman–Crippen LogP) is 1.97. The van der Waals surface area contributed by atoms with Crippen LogP contribution in [0.15, 0.2) is 41.8 Å². The number of aliphatic hydroxyl groups is 1. The number of nitrogens with zero attached hydrogens (tertiary/aromatic N) is 3. The molecule has 0 spiro atoms. The van der Waals surface area contributed by atoms with Gasteiger partial charge in [0, 0.05) is 36.8 Å². The van der Waals surface area contributed by atoms with Gasteiger partial charge in [0.2, 0.25) is 5.88 Å². The van der Waals surface area contributed by atoms with Crippen LogP contribution in [0.3, 0.4) is 0 Å². The van der Waals surface area contributed by atoms with Crippen molar-refractivity contribution in [2.45, 2.75) is 58.3 Å². The third kappa shape index (κ3) is 4.34. The molecule has 3 atom stereocenters. The highest BCUT2D eigenvalue weighted by molar-refractivity contribution is 6.19. The third-order valence-corrected chi connectivity index (χ3v) is 7.14. The molecule has 9 nitrogen and oxygen atoms in total.